The molecule has 0 amide bonds. The molecule has 0 unspecified atom stereocenters. The molecule has 4 rings (SSSR count). The van der Waals surface area contributed by atoms with Gasteiger partial charge < -0.3 is 0 Å². The summed E-state index contributed by atoms with van der Waals surface area (Å²) in [5.74, 6) is -3.64. The van der Waals surface area contributed by atoms with Crippen LogP contribution in [0, 0.1) is 23.3 Å². The maximum absolute atomic E-state index is 15.2. The van der Waals surface area contributed by atoms with Gasteiger partial charge in [-0.1, -0.05) is 37.6 Å². The van der Waals surface area contributed by atoms with Gasteiger partial charge in [-0.25, -0.2) is 17.6 Å². The molecule has 1 aliphatic rings. The Morgan fingerprint density at radius 1 is 0.778 bits per heavy atom. The first kappa shape index (κ1) is 17.8. The van der Waals surface area contributed by atoms with Crippen LogP contribution in [0.2, 0.25) is 0 Å². The van der Waals surface area contributed by atoms with Crippen LogP contribution in [0.5, 0.6) is 0 Å². The van der Waals surface area contributed by atoms with Crippen molar-refractivity contribution in [2.45, 2.75) is 32.6 Å². The Morgan fingerprint density at radius 2 is 1.59 bits per heavy atom. The highest BCUT2D eigenvalue weighted by atomic mass is 19.2. The fourth-order valence-corrected chi connectivity index (χ4v) is 3.88. The Balaban J connectivity index is 1.86. The van der Waals surface area contributed by atoms with Crippen LogP contribution in [0.25, 0.3) is 22.3 Å². The lowest BCUT2D eigenvalue weighted by Crippen LogP contribution is -2.09. The summed E-state index contributed by atoms with van der Waals surface area (Å²) in [4.78, 5) is 0. The molecule has 4 heteroatoms. The molecular formula is C23H18F4. The first-order valence-electron chi connectivity index (χ1n) is 9.08. The van der Waals surface area contributed by atoms with Crippen molar-refractivity contribution in [3.8, 4) is 22.3 Å². The summed E-state index contributed by atoms with van der Waals surface area (Å²) in [6.07, 6.45) is 3.12. The number of benzene rings is 3. The lowest BCUT2D eigenvalue weighted by Gasteiger charge is -2.23. The van der Waals surface area contributed by atoms with Crippen molar-refractivity contribution >= 4 is 0 Å². The molecule has 0 saturated heterocycles. The van der Waals surface area contributed by atoms with E-state index in [0.717, 1.165) is 36.1 Å². The van der Waals surface area contributed by atoms with Crippen LogP contribution in [-0.4, -0.2) is 0 Å². The predicted molar refractivity (Wildman–Crippen MR) is 98.5 cm³/mol. The molecule has 0 saturated carbocycles. The minimum atomic E-state index is -1.13. The minimum absolute atomic E-state index is 0.00390. The van der Waals surface area contributed by atoms with Crippen molar-refractivity contribution in [1.29, 1.82) is 0 Å². The standard InChI is InChI=1S/C23H18F4/c1-2-3-13-4-7-16-14(10-13)5-8-17-18(16)12-21(26)22(23(17)27)15-6-9-19(24)20(25)11-15/h4,6-7,9-12H,2-3,5,8H2,1H3. The van der Waals surface area contributed by atoms with Crippen molar-refractivity contribution in [3.05, 3.63) is 82.4 Å². The molecule has 3 aromatic carbocycles. The average molecular weight is 370 g/mol. The molecule has 0 fully saturated rings. The summed E-state index contributed by atoms with van der Waals surface area (Å²) < 4.78 is 56.7. The lowest BCUT2D eigenvalue weighted by molar-refractivity contribution is 0.508. The van der Waals surface area contributed by atoms with Crippen molar-refractivity contribution < 1.29 is 17.6 Å². The van der Waals surface area contributed by atoms with Crippen molar-refractivity contribution in [2.75, 3.05) is 0 Å². The molecule has 0 aliphatic heterocycles. The van der Waals surface area contributed by atoms with Crippen LogP contribution < -0.4 is 0 Å². The Kier molecular flexibility index (Phi) is 4.50. The highest BCUT2D eigenvalue weighted by molar-refractivity contribution is 5.78. The Labute approximate surface area is 155 Å². The predicted octanol–water partition coefficient (Wildman–Crippen LogP) is 6.63. The van der Waals surface area contributed by atoms with Gasteiger partial charge in [-0.3, -0.25) is 0 Å². The van der Waals surface area contributed by atoms with Gasteiger partial charge in [-0.15, -0.1) is 0 Å². The van der Waals surface area contributed by atoms with Crippen LogP contribution >= 0.6 is 0 Å². The van der Waals surface area contributed by atoms with Gasteiger partial charge in [0.05, 0.1) is 5.56 Å². The maximum atomic E-state index is 15.2. The topological polar surface area (TPSA) is 0 Å². The van der Waals surface area contributed by atoms with E-state index in [9.17, 15) is 13.2 Å². The lowest BCUT2D eigenvalue weighted by atomic mass is 9.82. The van der Waals surface area contributed by atoms with E-state index in [2.05, 4.69) is 13.0 Å². The number of halogens is 4. The Bertz CT molecular complexity index is 1040. The van der Waals surface area contributed by atoms with E-state index in [4.69, 9.17) is 0 Å². The second-order valence-corrected chi connectivity index (χ2v) is 6.94. The van der Waals surface area contributed by atoms with Gasteiger partial charge in [0, 0.05) is 0 Å². The van der Waals surface area contributed by atoms with Crippen LogP contribution in [0.4, 0.5) is 17.6 Å². The summed E-state index contributed by atoms with van der Waals surface area (Å²) in [6, 6.07) is 10.3. The van der Waals surface area contributed by atoms with Crippen molar-refractivity contribution in [3.63, 3.8) is 0 Å². The molecule has 138 valence electrons. The summed E-state index contributed by atoms with van der Waals surface area (Å²) in [5.41, 5.74) is 3.81. The summed E-state index contributed by atoms with van der Waals surface area (Å²) in [5, 5.41) is 0. The molecule has 27 heavy (non-hydrogen) atoms. The molecular weight excluding hydrogens is 352 g/mol. The van der Waals surface area contributed by atoms with Gasteiger partial charge in [0.2, 0.25) is 0 Å². The van der Waals surface area contributed by atoms with Gasteiger partial charge in [0.15, 0.2) is 11.6 Å². The minimum Gasteiger partial charge on any atom is -0.206 e. The molecule has 1 aliphatic carbocycles. The average Bonchev–Trinajstić information content (AvgIpc) is 2.64. The van der Waals surface area contributed by atoms with E-state index < -0.39 is 23.3 Å². The van der Waals surface area contributed by atoms with Crippen LogP contribution in [0.1, 0.15) is 30.0 Å². The van der Waals surface area contributed by atoms with Crippen molar-refractivity contribution in [2.24, 2.45) is 0 Å². The quantitative estimate of drug-likeness (QED) is 0.454. The van der Waals surface area contributed by atoms with E-state index in [1.807, 2.05) is 12.1 Å². The molecule has 0 bridgehead atoms. The zero-order valence-corrected chi connectivity index (χ0v) is 14.9. The van der Waals surface area contributed by atoms with Gasteiger partial charge in [-0.05, 0) is 70.8 Å². The normalized spacial score (nSPS) is 12.6. The van der Waals surface area contributed by atoms with Crippen LogP contribution in [0.3, 0.4) is 0 Å². The number of fused-ring (bicyclic) bond motifs is 3. The highest BCUT2D eigenvalue weighted by Gasteiger charge is 2.25. The number of aryl methyl sites for hydroxylation is 2. The van der Waals surface area contributed by atoms with E-state index in [0.29, 0.717) is 24.0 Å². The number of hydrogen-bond acceptors (Lipinski definition) is 0. The molecule has 0 nitrogen and oxygen atoms in total. The maximum Gasteiger partial charge on any atom is 0.159 e. The van der Waals surface area contributed by atoms with E-state index in [-0.39, 0.29) is 11.1 Å². The molecule has 0 spiro atoms. The Morgan fingerprint density at radius 3 is 2.33 bits per heavy atom. The van der Waals surface area contributed by atoms with E-state index in [1.54, 1.807) is 0 Å². The zero-order chi connectivity index (χ0) is 19.1. The van der Waals surface area contributed by atoms with Gasteiger partial charge in [0.1, 0.15) is 11.6 Å². The second-order valence-electron chi connectivity index (χ2n) is 6.94. The third-order valence-corrected chi connectivity index (χ3v) is 5.17. The zero-order valence-electron chi connectivity index (χ0n) is 14.9. The second kappa shape index (κ2) is 6.84. The fourth-order valence-electron chi connectivity index (χ4n) is 3.88. The van der Waals surface area contributed by atoms with E-state index >= 15 is 4.39 Å². The number of rotatable bonds is 3. The third kappa shape index (κ3) is 3.03. The smallest absolute Gasteiger partial charge is 0.159 e. The third-order valence-electron chi connectivity index (χ3n) is 5.17. The summed E-state index contributed by atoms with van der Waals surface area (Å²) >= 11 is 0. The number of hydrogen-bond donors (Lipinski definition) is 0. The van der Waals surface area contributed by atoms with Crippen molar-refractivity contribution in [1.82, 2.24) is 0 Å². The summed E-state index contributed by atoms with van der Waals surface area (Å²) in [6.45, 7) is 2.11. The van der Waals surface area contributed by atoms with Crippen LogP contribution in [-0.2, 0) is 19.3 Å². The molecule has 0 atom stereocenters. The molecule has 0 heterocycles. The van der Waals surface area contributed by atoms with Gasteiger partial charge in [0.25, 0.3) is 0 Å². The molecule has 0 radical (unpaired) electrons. The van der Waals surface area contributed by atoms with E-state index in [1.165, 1.54) is 17.7 Å². The monoisotopic (exact) mass is 370 g/mol. The first-order chi connectivity index (χ1) is 13.0. The summed E-state index contributed by atoms with van der Waals surface area (Å²) in [7, 11) is 0. The Hall–Kier alpha value is -2.62. The molecule has 0 aromatic heterocycles. The van der Waals surface area contributed by atoms with Crippen LogP contribution in [0.15, 0.2) is 42.5 Å². The van der Waals surface area contributed by atoms with Gasteiger partial charge in [-0.2, -0.15) is 0 Å². The SMILES string of the molecule is CCCc1ccc2c(c1)CCc1c-2cc(F)c(-c2ccc(F)c(F)c2)c1F. The largest absolute Gasteiger partial charge is 0.206 e. The highest BCUT2D eigenvalue weighted by Crippen LogP contribution is 2.40. The molecule has 3 aromatic rings. The van der Waals surface area contributed by atoms with Gasteiger partial charge >= 0.3 is 0 Å². The molecule has 0 N–H and O–H groups in total. The first-order valence-corrected chi connectivity index (χ1v) is 9.08. The fraction of sp³-hybridized carbons (Fsp3) is 0.217.